The average molecular weight is 346 g/mol. The van der Waals surface area contributed by atoms with E-state index in [4.69, 9.17) is 5.14 Å². The predicted octanol–water partition coefficient (Wildman–Crippen LogP) is 2.15. The van der Waals surface area contributed by atoms with Crippen molar-refractivity contribution in [3.8, 4) is 10.4 Å². The van der Waals surface area contributed by atoms with E-state index in [2.05, 4.69) is 15.0 Å². The SMILES string of the molecule is Cc1nc(Cc2cnccn2)sc1-c1ccc(S(N)(=O)=O)cc1. The highest BCUT2D eigenvalue weighted by molar-refractivity contribution is 7.89. The summed E-state index contributed by atoms with van der Waals surface area (Å²) in [6, 6.07) is 6.50. The Hall–Kier alpha value is -2.16. The maximum Gasteiger partial charge on any atom is 0.238 e. The van der Waals surface area contributed by atoms with Gasteiger partial charge in [-0.25, -0.2) is 18.5 Å². The molecule has 0 aliphatic carbocycles. The molecular weight excluding hydrogens is 332 g/mol. The Bertz CT molecular complexity index is 920. The molecule has 0 radical (unpaired) electrons. The van der Waals surface area contributed by atoms with Crippen molar-refractivity contribution in [3.63, 3.8) is 0 Å². The summed E-state index contributed by atoms with van der Waals surface area (Å²) in [5.74, 6) is 0. The minimum atomic E-state index is -3.67. The van der Waals surface area contributed by atoms with Crippen LogP contribution in [0.3, 0.4) is 0 Å². The van der Waals surface area contributed by atoms with E-state index in [0.29, 0.717) is 6.42 Å². The van der Waals surface area contributed by atoms with Gasteiger partial charge in [-0.15, -0.1) is 11.3 Å². The Labute approximate surface area is 138 Å². The Morgan fingerprint density at radius 3 is 2.52 bits per heavy atom. The Balaban J connectivity index is 1.89. The molecule has 1 aromatic carbocycles. The van der Waals surface area contributed by atoms with Gasteiger partial charge < -0.3 is 0 Å². The van der Waals surface area contributed by atoms with E-state index in [-0.39, 0.29) is 4.90 Å². The Morgan fingerprint density at radius 2 is 1.91 bits per heavy atom. The first kappa shape index (κ1) is 15.7. The van der Waals surface area contributed by atoms with Crippen molar-refractivity contribution in [2.45, 2.75) is 18.2 Å². The van der Waals surface area contributed by atoms with Crippen molar-refractivity contribution in [2.75, 3.05) is 0 Å². The number of nitrogens with two attached hydrogens (primary N) is 1. The van der Waals surface area contributed by atoms with Crippen molar-refractivity contribution in [2.24, 2.45) is 5.14 Å². The van der Waals surface area contributed by atoms with Gasteiger partial charge in [-0.2, -0.15) is 0 Å². The number of primary sulfonamides is 1. The van der Waals surface area contributed by atoms with Crippen molar-refractivity contribution < 1.29 is 8.42 Å². The molecule has 0 aliphatic rings. The average Bonchev–Trinajstić information content (AvgIpc) is 2.88. The smallest absolute Gasteiger partial charge is 0.238 e. The van der Waals surface area contributed by atoms with Crippen LogP contribution >= 0.6 is 11.3 Å². The summed E-state index contributed by atoms with van der Waals surface area (Å²) in [5.41, 5.74) is 2.67. The summed E-state index contributed by atoms with van der Waals surface area (Å²) in [7, 11) is -3.67. The lowest BCUT2D eigenvalue weighted by molar-refractivity contribution is 0.598. The van der Waals surface area contributed by atoms with Gasteiger partial charge >= 0.3 is 0 Å². The second-order valence-electron chi connectivity index (χ2n) is 4.97. The number of hydrogen-bond donors (Lipinski definition) is 1. The van der Waals surface area contributed by atoms with E-state index < -0.39 is 10.0 Å². The molecule has 3 aromatic rings. The highest BCUT2D eigenvalue weighted by Gasteiger charge is 2.12. The standard InChI is InChI=1S/C15H14N4O2S2/c1-10-15(11-2-4-13(5-3-11)23(16,20)21)22-14(19-10)8-12-9-17-6-7-18-12/h2-7,9H,8H2,1H3,(H2,16,20,21). The van der Waals surface area contributed by atoms with Crippen molar-refractivity contribution in [3.05, 3.63) is 59.3 Å². The molecule has 6 nitrogen and oxygen atoms in total. The van der Waals surface area contributed by atoms with Crippen LogP contribution in [-0.2, 0) is 16.4 Å². The van der Waals surface area contributed by atoms with E-state index in [1.807, 2.05) is 6.92 Å². The molecule has 8 heteroatoms. The summed E-state index contributed by atoms with van der Waals surface area (Å²) in [4.78, 5) is 14.0. The van der Waals surface area contributed by atoms with E-state index >= 15 is 0 Å². The molecule has 2 heterocycles. The number of aromatic nitrogens is 3. The maximum absolute atomic E-state index is 11.3. The number of hydrogen-bond acceptors (Lipinski definition) is 6. The van der Waals surface area contributed by atoms with Crippen molar-refractivity contribution >= 4 is 21.4 Å². The molecule has 2 aromatic heterocycles. The first-order chi connectivity index (χ1) is 10.9. The normalized spacial score (nSPS) is 11.6. The van der Waals surface area contributed by atoms with Gasteiger partial charge in [0.2, 0.25) is 10.0 Å². The van der Waals surface area contributed by atoms with Crippen molar-refractivity contribution in [1.29, 1.82) is 0 Å². The maximum atomic E-state index is 11.3. The van der Waals surface area contributed by atoms with Crippen LogP contribution in [0.15, 0.2) is 47.8 Å². The highest BCUT2D eigenvalue weighted by atomic mass is 32.2. The topological polar surface area (TPSA) is 98.8 Å². The third-order valence-electron chi connectivity index (χ3n) is 3.23. The van der Waals surface area contributed by atoms with Crippen LogP contribution in [0, 0.1) is 6.92 Å². The van der Waals surface area contributed by atoms with Gasteiger partial charge in [0.05, 0.1) is 26.2 Å². The van der Waals surface area contributed by atoms with E-state index in [0.717, 1.165) is 26.8 Å². The van der Waals surface area contributed by atoms with Gasteiger partial charge in [-0.3, -0.25) is 9.97 Å². The minimum Gasteiger partial charge on any atom is -0.261 e. The molecule has 0 bridgehead atoms. The third-order valence-corrected chi connectivity index (χ3v) is 5.37. The van der Waals surface area contributed by atoms with Gasteiger partial charge in [-0.1, -0.05) is 12.1 Å². The number of thiazole rings is 1. The third kappa shape index (κ3) is 3.61. The predicted molar refractivity (Wildman–Crippen MR) is 88.5 cm³/mol. The molecule has 0 saturated heterocycles. The molecule has 0 atom stereocenters. The van der Waals surface area contributed by atoms with Crippen LogP contribution in [0.1, 0.15) is 16.4 Å². The zero-order valence-corrected chi connectivity index (χ0v) is 13.9. The fourth-order valence-electron chi connectivity index (χ4n) is 2.17. The monoisotopic (exact) mass is 346 g/mol. The van der Waals surface area contributed by atoms with Gasteiger partial charge in [-0.05, 0) is 24.6 Å². The number of rotatable bonds is 4. The Kier molecular flexibility index (Phi) is 4.20. The van der Waals surface area contributed by atoms with Gasteiger partial charge in [0.1, 0.15) is 0 Å². The molecule has 2 N–H and O–H groups in total. The molecule has 118 valence electrons. The molecular formula is C15H14N4O2S2. The van der Waals surface area contributed by atoms with E-state index in [1.54, 1.807) is 42.1 Å². The van der Waals surface area contributed by atoms with Gasteiger partial charge in [0.25, 0.3) is 0 Å². The lowest BCUT2D eigenvalue weighted by Gasteiger charge is -2.01. The molecule has 0 fully saturated rings. The first-order valence-corrected chi connectivity index (χ1v) is 9.14. The van der Waals surface area contributed by atoms with Gasteiger partial charge in [0.15, 0.2) is 0 Å². The quantitative estimate of drug-likeness (QED) is 0.780. The lowest BCUT2D eigenvalue weighted by atomic mass is 10.2. The summed E-state index contributed by atoms with van der Waals surface area (Å²) in [6.45, 7) is 1.93. The van der Waals surface area contributed by atoms with Crippen LogP contribution in [0.2, 0.25) is 0 Å². The molecule has 0 aliphatic heterocycles. The van der Waals surface area contributed by atoms with E-state index in [1.165, 1.54) is 12.1 Å². The summed E-state index contributed by atoms with van der Waals surface area (Å²) in [6.07, 6.45) is 5.63. The Morgan fingerprint density at radius 1 is 1.17 bits per heavy atom. The molecule has 3 rings (SSSR count). The second kappa shape index (κ2) is 6.15. The van der Waals surface area contributed by atoms with Crippen LogP contribution in [0.4, 0.5) is 0 Å². The van der Waals surface area contributed by atoms with Crippen LogP contribution in [-0.4, -0.2) is 23.4 Å². The lowest BCUT2D eigenvalue weighted by Crippen LogP contribution is -2.11. The zero-order chi connectivity index (χ0) is 16.4. The van der Waals surface area contributed by atoms with Crippen molar-refractivity contribution in [1.82, 2.24) is 15.0 Å². The van der Waals surface area contributed by atoms with Gasteiger partial charge in [0, 0.05) is 25.0 Å². The van der Waals surface area contributed by atoms with E-state index in [9.17, 15) is 8.42 Å². The molecule has 0 unspecified atom stereocenters. The van der Waals surface area contributed by atoms with Crippen LogP contribution < -0.4 is 5.14 Å². The fourth-order valence-corrected chi connectivity index (χ4v) is 3.77. The number of aryl methyl sites for hydroxylation is 1. The largest absolute Gasteiger partial charge is 0.261 e. The second-order valence-corrected chi connectivity index (χ2v) is 7.61. The van der Waals surface area contributed by atoms with Crippen LogP contribution in [0.25, 0.3) is 10.4 Å². The number of nitrogens with zero attached hydrogens (tertiary/aromatic N) is 3. The zero-order valence-electron chi connectivity index (χ0n) is 12.3. The highest BCUT2D eigenvalue weighted by Crippen LogP contribution is 2.31. The van der Waals surface area contributed by atoms with Crippen LogP contribution in [0.5, 0.6) is 0 Å². The number of sulfonamides is 1. The summed E-state index contributed by atoms with van der Waals surface area (Å²) in [5, 5.41) is 6.05. The minimum absolute atomic E-state index is 0.100. The molecule has 23 heavy (non-hydrogen) atoms. The first-order valence-electron chi connectivity index (χ1n) is 6.78. The summed E-state index contributed by atoms with van der Waals surface area (Å²) >= 11 is 1.56. The molecule has 0 saturated carbocycles. The fraction of sp³-hybridized carbons (Fsp3) is 0.133. The molecule has 0 amide bonds. The number of benzene rings is 1. The summed E-state index contributed by atoms with van der Waals surface area (Å²) < 4.78 is 22.6. The molecule has 0 spiro atoms.